The van der Waals surface area contributed by atoms with E-state index in [-0.39, 0.29) is 28.8 Å². The van der Waals surface area contributed by atoms with E-state index in [1.807, 2.05) is 6.07 Å². The van der Waals surface area contributed by atoms with Crippen LogP contribution in [-0.4, -0.2) is 45.9 Å². The van der Waals surface area contributed by atoms with Gasteiger partial charge in [-0.3, -0.25) is 14.9 Å². The van der Waals surface area contributed by atoms with Crippen molar-refractivity contribution in [2.45, 2.75) is 12.8 Å². The third kappa shape index (κ3) is 3.88. The first-order valence-corrected chi connectivity index (χ1v) is 8.46. The normalized spacial score (nSPS) is 15.9. The first-order chi connectivity index (χ1) is 13.4. The molecule has 0 radical (unpaired) electrons. The summed E-state index contributed by atoms with van der Waals surface area (Å²) in [4.78, 5) is 32.4. The monoisotopic (exact) mass is 385 g/mol. The average molecular weight is 385 g/mol. The Hall–Kier alpha value is -3.61. The van der Waals surface area contributed by atoms with Gasteiger partial charge in [0.2, 0.25) is 11.7 Å². The zero-order valence-corrected chi connectivity index (χ0v) is 15.0. The lowest BCUT2D eigenvalue weighted by Gasteiger charge is -2.16. The highest BCUT2D eigenvalue weighted by atomic mass is 19.1. The molecule has 2 heterocycles. The molecule has 0 N–H and O–H groups in total. The van der Waals surface area contributed by atoms with Crippen molar-refractivity contribution in [2.75, 3.05) is 20.2 Å². The third-order valence-electron chi connectivity index (χ3n) is 4.55. The Morgan fingerprint density at radius 2 is 2.32 bits per heavy atom. The molecule has 1 aliphatic rings. The number of nitro benzene ring substituents is 1. The lowest BCUT2D eigenvalue weighted by Crippen LogP contribution is -2.29. The van der Waals surface area contributed by atoms with Crippen molar-refractivity contribution in [1.82, 2.24) is 14.9 Å². The number of nitriles is 1. The molecule has 0 bridgehead atoms. The van der Waals surface area contributed by atoms with Crippen molar-refractivity contribution in [3.63, 3.8) is 0 Å². The highest BCUT2D eigenvalue weighted by Crippen LogP contribution is 2.24. The van der Waals surface area contributed by atoms with Crippen LogP contribution in [0.2, 0.25) is 0 Å². The molecule has 0 saturated carbocycles. The maximum Gasteiger partial charge on any atom is 0.304 e. The fourth-order valence-electron chi connectivity index (χ4n) is 3.14. The molecule has 0 unspecified atom stereocenters. The number of halogens is 1. The zero-order valence-electron chi connectivity index (χ0n) is 15.0. The van der Waals surface area contributed by atoms with Crippen LogP contribution >= 0.6 is 0 Å². The highest BCUT2D eigenvalue weighted by Gasteiger charge is 2.29. The molecule has 0 spiro atoms. The number of nitro groups is 1. The summed E-state index contributed by atoms with van der Waals surface area (Å²) >= 11 is 0. The van der Waals surface area contributed by atoms with Crippen LogP contribution in [0.15, 0.2) is 24.4 Å². The number of carbonyl (C=O) groups excluding carboxylic acids is 1. The van der Waals surface area contributed by atoms with Crippen LogP contribution in [0.4, 0.5) is 10.1 Å². The summed E-state index contributed by atoms with van der Waals surface area (Å²) in [6.07, 6.45) is 2.62. The van der Waals surface area contributed by atoms with Gasteiger partial charge in [0.05, 0.1) is 18.2 Å². The van der Waals surface area contributed by atoms with Crippen molar-refractivity contribution < 1.29 is 18.8 Å². The number of nitrogens with zero attached hydrogens (tertiary/aromatic N) is 5. The van der Waals surface area contributed by atoms with Crippen molar-refractivity contribution >= 4 is 11.6 Å². The fraction of sp³-hybridized carbons (Fsp3) is 0.333. The van der Waals surface area contributed by atoms with E-state index in [1.54, 1.807) is 4.90 Å². The van der Waals surface area contributed by atoms with Gasteiger partial charge in [-0.15, -0.1) is 0 Å². The number of amides is 1. The van der Waals surface area contributed by atoms with Gasteiger partial charge in [0.15, 0.2) is 0 Å². The summed E-state index contributed by atoms with van der Waals surface area (Å²) < 4.78 is 18.9. The fourth-order valence-corrected chi connectivity index (χ4v) is 3.14. The number of methoxy groups -OCH3 is 1. The molecular formula is C18H16FN5O4. The van der Waals surface area contributed by atoms with Crippen LogP contribution in [-0.2, 0) is 6.42 Å². The van der Waals surface area contributed by atoms with Gasteiger partial charge in [-0.05, 0) is 24.5 Å². The van der Waals surface area contributed by atoms with Gasteiger partial charge >= 0.3 is 5.69 Å². The molecule has 28 heavy (non-hydrogen) atoms. The molecule has 1 amide bonds. The molecule has 144 valence electrons. The van der Waals surface area contributed by atoms with Gasteiger partial charge in [0.1, 0.15) is 17.5 Å². The maximum absolute atomic E-state index is 13.8. The minimum absolute atomic E-state index is 0.0695. The second kappa shape index (κ2) is 7.96. The van der Waals surface area contributed by atoms with Crippen molar-refractivity contribution in [3.8, 4) is 11.9 Å². The lowest BCUT2D eigenvalue weighted by molar-refractivity contribution is -0.387. The number of ether oxygens (including phenoxy) is 1. The summed E-state index contributed by atoms with van der Waals surface area (Å²) in [7, 11) is 1.42. The zero-order chi connectivity index (χ0) is 20.3. The van der Waals surface area contributed by atoms with E-state index in [0.717, 1.165) is 12.1 Å². The molecular weight excluding hydrogens is 369 g/mol. The number of benzene rings is 1. The topological polar surface area (TPSA) is 122 Å². The largest absolute Gasteiger partial charge is 0.480 e. The average Bonchev–Trinajstić information content (AvgIpc) is 3.15. The summed E-state index contributed by atoms with van der Waals surface area (Å²) in [6.45, 7) is 0.915. The molecule has 0 aliphatic carbocycles. The predicted molar refractivity (Wildman–Crippen MR) is 94.1 cm³/mol. The van der Waals surface area contributed by atoms with Crippen LogP contribution in [0.25, 0.3) is 0 Å². The number of aromatic nitrogens is 2. The molecule has 1 aromatic carbocycles. The number of likely N-dealkylation sites (tertiary alicyclic amines) is 1. The summed E-state index contributed by atoms with van der Waals surface area (Å²) in [5.41, 5.74) is -0.350. The molecule has 1 saturated heterocycles. The van der Waals surface area contributed by atoms with Gasteiger partial charge in [0, 0.05) is 31.1 Å². The van der Waals surface area contributed by atoms with Crippen molar-refractivity contribution in [3.05, 3.63) is 57.3 Å². The molecule has 1 aliphatic heterocycles. The van der Waals surface area contributed by atoms with Crippen molar-refractivity contribution in [2.24, 2.45) is 5.92 Å². The van der Waals surface area contributed by atoms with E-state index in [1.165, 1.54) is 19.4 Å². The summed E-state index contributed by atoms with van der Waals surface area (Å²) in [5, 5.41) is 19.7. The van der Waals surface area contributed by atoms with E-state index >= 15 is 0 Å². The Kier molecular flexibility index (Phi) is 5.44. The molecule has 1 aromatic heterocycles. The van der Waals surface area contributed by atoms with E-state index in [4.69, 9.17) is 10.00 Å². The Bertz CT molecular complexity index is 975. The molecule has 1 atom stereocenters. The van der Waals surface area contributed by atoms with Crippen molar-refractivity contribution in [1.29, 1.82) is 5.26 Å². The number of carbonyl (C=O) groups is 1. The van der Waals surface area contributed by atoms with Gasteiger partial charge in [-0.25, -0.2) is 4.98 Å². The number of hydrogen-bond donors (Lipinski definition) is 0. The van der Waals surface area contributed by atoms with Crippen LogP contribution in [0.3, 0.4) is 0 Å². The predicted octanol–water partition coefficient (Wildman–Crippen LogP) is 2.11. The highest BCUT2D eigenvalue weighted by molar-refractivity contribution is 5.94. The SMILES string of the molecule is COc1nc(C[C@@H]2CCN(C(=O)c3ccc([N+](=O)[O-])c(F)c3)C2)ncc1C#N. The van der Waals surface area contributed by atoms with Gasteiger partial charge in [0.25, 0.3) is 5.91 Å². The quantitative estimate of drug-likeness (QED) is 0.570. The second-order valence-corrected chi connectivity index (χ2v) is 6.35. The van der Waals surface area contributed by atoms with E-state index in [2.05, 4.69) is 9.97 Å². The standard InChI is InChI=1S/C18H16FN5O4/c1-28-17-13(8-20)9-21-16(22-17)6-11-4-5-23(10-11)18(25)12-2-3-15(24(26)27)14(19)7-12/h2-3,7,9,11H,4-6,10H2,1H3/t11-/m0/s1. The van der Waals surface area contributed by atoms with E-state index < -0.39 is 16.4 Å². The van der Waals surface area contributed by atoms with Crippen LogP contribution in [0.1, 0.15) is 28.2 Å². The minimum Gasteiger partial charge on any atom is -0.480 e. The van der Waals surface area contributed by atoms with E-state index in [9.17, 15) is 19.3 Å². The molecule has 2 aromatic rings. The first kappa shape index (κ1) is 19.2. The van der Waals surface area contributed by atoms with Crippen LogP contribution in [0.5, 0.6) is 5.88 Å². The maximum atomic E-state index is 13.8. The third-order valence-corrected chi connectivity index (χ3v) is 4.55. The molecule has 10 heteroatoms. The minimum atomic E-state index is -1.04. The molecule has 3 rings (SSSR count). The Morgan fingerprint density at radius 1 is 1.54 bits per heavy atom. The summed E-state index contributed by atoms with van der Waals surface area (Å²) in [5.74, 6) is -0.597. The second-order valence-electron chi connectivity index (χ2n) is 6.35. The first-order valence-electron chi connectivity index (χ1n) is 8.46. The Labute approximate surface area is 159 Å². The van der Waals surface area contributed by atoms with Crippen LogP contribution < -0.4 is 4.74 Å². The molecule has 1 fully saturated rings. The van der Waals surface area contributed by atoms with Gasteiger partial charge in [-0.1, -0.05) is 0 Å². The Morgan fingerprint density at radius 3 is 2.96 bits per heavy atom. The summed E-state index contributed by atoms with van der Waals surface area (Å²) in [6, 6.07) is 5.09. The molecule has 9 nitrogen and oxygen atoms in total. The van der Waals surface area contributed by atoms with E-state index in [0.29, 0.717) is 31.8 Å². The lowest BCUT2D eigenvalue weighted by atomic mass is 10.0. The van der Waals surface area contributed by atoms with Crippen LogP contribution in [0, 0.1) is 33.2 Å². The van der Waals surface area contributed by atoms with Gasteiger partial charge in [-0.2, -0.15) is 14.6 Å². The number of hydrogen-bond acceptors (Lipinski definition) is 7. The number of rotatable bonds is 5. The Balaban J connectivity index is 1.67. The van der Waals surface area contributed by atoms with Gasteiger partial charge < -0.3 is 9.64 Å². The smallest absolute Gasteiger partial charge is 0.304 e.